The summed E-state index contributed by atoms with van der Waals surface area (Å²) in [5, 5.41) is 84.9. The van der Waals surface area contributed by atoms with Gasteiger partial charge >= 0.3 is 0 Å². The van der Waals surface area contributed by atoms with Gasteiger partial charge in [-0.15, -0.1) is 0 Å². The van der Waals surface area contributed by atoms with Crippen LogP contribution < -0.4 is 0 Å². The molecular weight excluding hydrogens is 516 g/mol. The van der Waals surface area contributed by atoms with Crippen LogP contribution in [0.1, 0.15) is 85.0 Å². The first-order chi connectivity index (χ1) is 18.4. The molecule has 2 heterocycles. The highest BCUT2D eigenvalue weighted by Gasteiger charge is 2.89. The summed E-state index contributed by atoms with van der Waals surface area (Å²) in [6, 6.07) is 0. The molecule has 0 spiro atoms. The molecule has 2 saturated heterocycles. The van der Waals surface area contributed by atoms with Crippen molar-refractivity contribution in [1.82, 2.24) is 0 Å². The maximum atomic E-state index is 10.6. The molecule has 1 aliphatic carbocycles. The topological polar surface area (TPSA) is 210 Å². The zero-order valence-corrected chi connectivity index (χ0v) is 23.6. The Bertz CT molecular complexity index is 696. The Balaban J connectivity index is 0.000000370. The third-order valence-electron chi connectivity index (χ3n) is 8.33. The van der Waals surface area contributed by atoms with E-state index in [1.54, 1.807) is 0 Å². The van der Waals surface area contributed by atoms with Crippen molar-refractivity contribution in [3.63, 3.8) is 0 Å². The minimum absolute atomic E-state index is 0.0644. The van der Waals surface area contributed by atoms with Gasteiger partial charge in [-0.1, -0.05) is 72.1 Å². The molecule has 12 nitrogen and oxygen atoms in total. The van der Waals surface area contributed by atoms with E-state index in [1.165, 1.54) is 38.5 Å². The van der Waals surface area contributed by atoms with Crippen LogP contribution >= 0.6 is 0 Å². The number of hydrogen-bond acceptors (Lipinski definition) is 12. The summed E-state index contributed by atoms with van der Waals surface area (Å²) in [6.45, 7) is 6.00. The standard InChI is InChI=1S/C21H40O6.C6H12O6/c1-4-6-8-10-12-19(3,13-11-9-7-5-2)15-26-21-18(24)20(21,25)17(23)16(14-22)27-21;7-1-2-3(8)4(9)5(10)6(11)12-2/h16-18,22-25H,4-15H2,1-3H3;2-11H,1H2/t16-,17-,18-,20-,21-;2-,3-,4+,5-,6+/m11/s1. The highest BCUT2D eigenvalue weighted by atomic mass is 16.8. The number of aliphatic hydroxyl groups excluding tert-OH is 8. The smallest absolute Gasteiger partial charge is 0.233 e. The first-order valence-corrected chi connectivity index (χ1v) is 14.4. The highest BCUT2D eigenvalue weighted by Crippen LogP contribution is 2.61. The van der Waals surface area contributed by atoms with Crippen LogP contribution in [0.2, 0.25) is 0 Å². The molecule has 0 radical (unpaired) electrons. The van der Waals surface area contributed by atoms with Gasteiger partial charge in [-0.2, -0.15) is 0 Å². The molecule has 9 N–H and O–H groups in total. The molecule has 0 aromatic carbocycles. The van der Waals surface area contributed by atoms with Crippen LogP contribution in [-0.2, 0) is 14.2 Å². The third-order valence-corrected chi connectivity index (χ3v) is 8.33. The van der Waals surface area contributed by atoms with Gasteiger partial charge in [0.2, 0.25) is 5.79 Å². The first-order valence-electron chi connectivity index (χ1n) is 14.4. The fraction of sp³-hybridized carbons (Fsp3) is 1.00. The summed E-state index contributed by atoms with van der Waals surface area (Å²) in [7, 11) is 0. The first kappa shape index (κ1) is 34.7. The van der Waals surface area contributed by atoms with Gasteiger partial charge in [0.25, 0.3) is 0 Å². The molecule has 3 aliphatic rings. The lowest BCUT2D eigenvalue weighted by Crippen LogP contribution is -2.58. The summed E-state index contributed by atoms with van der Waals surface area (Å²) in [5.41, 5.74) is -1.91. The Morgan fingerprint density at radius 1 is 0.744 bits per heavy atom. The van der Waals surface area contributed by atoms with E-state index in [1.807, 2.05) is 0 Å². The van der Waals surface area contributed by atoms with Crippen molar-refractivity contribution >= 4 is 0 Å². The highest BCUT2D eigenvalue weighted by molar-refractivity contribution is 5.31. The summed E-state index contributed by atoms with van der Waals surface area (Å²) < 4.78 is 16.1. The molecule has 232 valence electrons. The molecule has 0 aromatic rings. The number of hydrogen-bond donors (Lipinski definition) is 9. The van der Waals surface area contributed by atoms with Gasteiger partial charge < -0.3 is 60.2 Å². The minimum Gasteiger partial charge on any atom is -0.394 e. The number of unbranched alkanes of at least 4 members (excludes halogenated alkanes) is 6. The minimum atomic E-state index is -1.84. The lowest BCUT2D eigenvalue weighted by atomic mass is 9.80. The van der Waals surface area contributed by atoms with E-state index in [0.29, 0.717) is 6.61 Å². The second-order valence-electron chi connectivity index (χ2n) is 11.6. The summed E-state index contributed by atoms with van der Waals surface area (Å²) in [4.78, 5) is 0. The second-order valence-corrected chi connectivity index (χ2v) is 11.6. The lowest BCUT2D eigenvalue weighted by molar-refractivity contribution is -0.286. The fourth-order valence-corrected chi connectivity index (χ4v) is 5.46. The predicted molar refractivity (Wildman–Crippen MR) is 139 cm³/mol. The van der Waals surface area contributed by atoms with E-state index in [-0.39, 0.29) is 5.41 Å². The van der Waals surface area contributed by atoms with Gasteiger partial charge in [0, 0.05) is 0 Å². The molecular formula is C27H52O12. The quantitative estimate of drug-likeness (QED) is 0.112. The number of ether oxygens (including phenoxy) is 3. The average molecular weight is 569 g/mol. The molecule has 0 unspecified atom stereocenters. The fourth-order valence-electron chi connectivity index (χ4n) is 5.46. The third kappa shape index (κ3) is 7.68. The predicted octanol–water partition coefficient (Wildman–Crippen LogP) is -0.717. The van der Waals surface area contributed by atoms with Gasteiger partial charge in [0.1, 0.15) is 42.7 Å². The molecule has 39 heavy (non-hydrogen) atoms. The van der Waals surface area contributed by atoms with Crippen molar-refractivity contribution in [3.8, 4) is 0 Å². The van der Waals surface area contributed by atoms with E-state index in [0.717, 1.165) is 25.7 Å². The normalized spacial score (nSPS) is 39.7. The zero-order chi connectivity index (χ0) is 29.4. The molecule has 0 bridgehead atoms. The zero-order valence-electron chi connectivity index (χ0n) is 23.6. The van der Waals surface area contributed by atoms with Gasteiger partial charge in [-0.05, 0) is 18.3 Å². The Morgan fingerprint density at radius 3 is 1.77 bits per heavy atom. The van der Waals surface area contributed by atoms with E-state index in [9.17, 15) is 20.4 Å². The van der Waals surface area contributed by atoms with E-state index in [4.69, 9.17) is 35.0 Å². The largest absolute Gasteiger partial charge is 0.394 e. The van der Waals surface area contributed by atoms with Crippen LogP contribution in [0.3, 0.4) is 0 Å². The van der Waals surface area contributed by atoms with E-state index >= 15 is 0 Å². The maximum Gasteiger partial charge on any atom is 0.233 e. The molecule has 3 fully saturated rings. The Kier molecular flexibility index (Phi) is 13.5. The Morgan fingerprint density at radius 2 is 1.28 bits per heavy atom. The summed E-state index contributed by atoms with van der Waals surface area (Å²) >= 11 is 0. The summed E-state index contributed by atoms with van der Waals surface area (Å²) in [5.74, 6) is -1.60. The van der Waals surface area contributed by atoms with Crippen LogP contribution in [-0.4, -0.2) is 126 Å². The van der Waals surface area contributed by atoms with E-state index in [2.05, 4.69) is 25.5 Å². The van der Waals surface area contributed by atoms with Gasteiger partial charge in [-0.3, -0.25) is 0 Å². The van der Waals surface area contributed by atoms with E-state index < -0.39 is 73.6 Å². The second kappa shape index (κ2) is 15.1. The summed E-state index contributed by atoms with van der Waals surface area (Å²) in [6.07, 6.45) is 0.928. The number of fused-ring (bicyclic) bond motifs is 1. The molecule has 10 atom stereocenters. The van der Waals surface area contributed by atoms with Gasteiger partial charge in [0.05, 0.1) is 19.8 Å². The number of aliphatic hydroxyl groups is 9. The van der Waals surface area contributed by atoms with Gasteiger partial charge in [0.15, 0.2) is 11.9 Å². The van der Waals surface area contributed by atoms with Crippen LogP contribution in [0, 0.1) is 5.41 Å². The molecule has 2 aliphatic heterocycles. The molecule has 12 heteroatoms. The lowest BCUT2D eigenvalue weighted by Gasteiger charge is -2.37. The maximum absolute atomic E-state index is 10.6. The van der Waals surface area contributed by atoms with Crippen molar-refractivity contribution in [3.05, 3.63) is 0 Å². The van der Waals surface area contributed by atoms with Crippen molar-refractivity contribution in [2.75, 3.05) is 19.8 Å². The van der Waals surface area contributed by atoms with Crippen molar-refractivity contribution in [2.24, 2.45) is 5.41 Å². The monoisotopic (exact) mass is 568 g/mol. The molecule has 1 saturated carbocycles. The van der Waals surface area contributed by atoms with Crippen molar-refractivity contribution < 1.29 is 60.2 Å². The Labute approximate surface area is 231 Å². The van der Waals surface area contributed by atoms with Crippen molar-refractivity contribution in [2.45, 2.75) is 145 Å². The number of rotatable bonds is 15. The molecule has 3 rings (SSSR count). The van der Waals surface area contributed by atoms with Gasteiger partial charge in [-0.25, -0.2) is 0 Å². The van der Waals surface area contributed by atoms with Crippen LogP contribution in [0.15, 0.2) is 0 Å². The SMILES string of the molecule is CCCCCCC(C)(CCCCCC)CO[C@]12O[C@H](CO)[C@@H](O)[C@@]1(O)[C@H]2O.OC[C@H]1O[C@H](O)[C@H](O)[C@@H](O)[C@@H]1O. The molecule has 0 amide bonds. The van der Waals surface area contributed by atoms with Crippen LogP contribution in [0.4, 0.5) is 0 Å². The van der Waals surface area contributed by atoms with Crippen molar-refractivity contribution in [1.29, 1.82) is 0 Å². The Hall–Kier alpha value is -0.480. The average Bonchev–Trinajstić information content (AvgIpc) is 3.29. The van der Waals surface area contributed by atoms with Crippen LogP contribution in [0.25, 0.3) is 0 Å². The van der Waals surface area contributed by atoms with Crippen LogP contribution in [0.5, 0.6) is 0 Å². The molecule has 0 aromatic heterocycles.